The highest BCUT2D eigenvalue weighted by molar-refractivity contribution is 5.90. The minimum absolute atomic E-state index is 0.0182. The lowest BCUT2D eigenvalue weighted by Crippen LogP contribution is -2.54. The Balaban J connectivity index is 2.45. The number of alkyl carbamates (subject to hydrolysis) is 1. The number of amides is 3. The second-order valence-corrected chi connectivity index (χ2v) is 4.98. The molecule has 0 aliphatic heterocycles. The first kappa shape index (κ1) is 18.9. The molecule has 4 N–H and O–H groups in total. The fourth-order valence-corrected chi connectivity index (χ4v) is 1.70. The summed E-state index contributed by atoms with van der Waals surface area (Å²) in [4.78, 5) is 45.0. The molecule has 1 aromatic carbocycles. The Bertz CT molecular complexity index is 604. The highest BCUT2D eigenvalue weighted by Gasteiger charge is 2.21. The summed E-state index contributed by atoms with van der Waals surface area (Å²) in [6.45, 7) is 1.35. The Labute approximate surface area is 138 Å². The Morgan fingerprint density at radius 2 is 1.79 bits per heavy atom. The van der Waals surface area contributed by atoms with Crippen molar-refractivity contribution in [2.75, 3.05) is 0 Å². The van der Waals surface area contributed by atoms with Gasteiger partial charge in [0, 0.05) is 0 Å². The number of nitrogens with two attached hydrogens (primary N) is 1. The largest absolute Gasteiger partial charge is 0.548 e. The van der Waals surface area contributed by atoms with Crippen LogP contribution in [0.4, 0.5) is 4.79 Å². The standard InChI is InChI=1S/C15H19N3O6/c1-9(13(20)18-11(14(21)22)7-12(16)19)17-15(23)24-8-10-5-3-2-4-6-10/h2-6,9,11H,7-8H2,1H3,(H2,16,19)(H,17,23)(H,18,20)(H,21,22)/p-1/t9-,11+/m0/s1. The SMILES string of the molecule is C[C@H](NC(=O)OCc1ccccc1)C(=O)N[C@H](CC(N)=O)C(=O)[O-]. The summed E-state index contributed by atoms with van der Waals surface area (Å²) in [5.41, 5.74) is 5.65. The van der Waals surface area contributed by atoms with Gasteiger partial charge in [-0.05, 0) is 12.5 Å². The molecular formula is C15H18N3O6-. The Morgan fingerprint density at radius 1 is 1.17 bits per heavy atom. The molecule has 0 radical (unpaired) electrons. The van der Waals surface area contributed by atoms with Crippen molar-refractivity contribution in [1.82, 2.24) is 10.6 Å². The van der Waals surface area contributed by atoms with Crippen molar-refractivity contribution in [2.45, 2.75) is 32.0 Å². The molecule has 0 saturated carbocycles. The summed E-state index contributed by atoms with van der Waals surface area (Å²) in [6.07, 6.45) is -1.46. The van der Waals surface area contributed by atoms with Crippen LogP contribution in [0.25, 0.3) is 0 Å². The monoisotopic (exact) mass is 336 g/mol. The highest BCUT2D eigenvalue weighted by Crippen LogP contribution is 2.01. The Hall–Kier alpha value is -3.10. The summed E-state index contributed by atoms with van der Waals surface area (Å²) in [7, 11) is 0. The van der Waals surface area contributed by atoms with Crippen molar-refractivity contribution < 1.29 is 29.0 Å². The molecule has 0 saturated heterocycles. The van der Waals surface area contributed by atoms with E-state index in [1.165, 1.54) is 6.92 Å². The number of rotatable bonds is 8. The minimum Gasteiger partial charge on any atom is -0.548 e. The van der Waals surface area contributed by atoms with Crippen LogP contribution in [-0.2, 0) is 25.7 Å². The zero-order chi connectivity index (χ0) is 18.1. The van der Waals surface area contributed by atoms with Crippen LogP contribution in [0.1, 0.15) is 18.9 Å². The second-order valence-electron chi connectivity index (χ2n) is 4.98. The van der Waals surface area contributed by atoms with Crippen LogP contribution in [0.3, 0.4) is 0 Å². The number of hydrogen-bond donors (Lipinski definition) is 3. The maximum Gasteiger partial charge on any atom is 0.408 e. The predicted molar refractivity (Wildman–Crippen MR) is 80.0 cm³/mol. The van der Waals surface area contributed by atoms with Gasteiger partial charge in [0.05, 0.1) is 18.4 Å². The lowest BCUT2D eigenvalue weighted by atomic mass is 10.2. The van der Waals surface area contributed by atoms with Crippen LogP contribution in [0.15, 0.2) is 30.3 Å². The van der Waals surface area contributed by atoms with E-state index in [0.717, 1.165) is 5.56 Å². The molecule has 9 nitrogen and oxygen atoms in total. The topological polar surface area (TPSA) is 151 Å². The number of aliphatic carboxylic acids is 1. The maximum absolute atomic E-state index is 11.8. The molecule has 3 amide bonds. The Kier molecular flexibility index (Phi) is 7.21. The molecular weight excluding hydrogens is 318 g/mol. The van der Waals surface area contributed by atoms with Crippen LogP contribution in [0.2, 0.25) is 0 Å². The van der Waals surface area contributed by atoms with E-state index >= 15 is 0 Å². The number of carboxylic acid groups (broad SMARTS) is 1. The van der Waals surface area contributed by atoms with Crippen LogP contribution >= 0.6 is 0 Å². The summed E-state index contributed by atoms with van der Waals surface area (Å²) >= 11 is 0. The van der Waals surface area contributed by atoms with Crippen molar-refractivity contribution in [3.8, 4) is 0 Å². The quantitative estimate of drug-likeness (QED) is 0.521. The van der Waals surface area contributed by atoms with E-state index in [-0.39, 0.29) is 6.61 Å². The lowest BCUT2D eigenvalue weighted by Gasteiger charge is -2.21. The number of carbonyl (C=O) groups is 4. The zero-order valence-corrected chi connectivity index (χ0v) is 13.0. The highest BCUT2D eigenvalue weighted by atomic mass is 16.5. The molecule has 0 spiro atoms. The normalized spacial score (nSPS) is 12.5. The van der Waals surface area contributed by atoms with Crippen molar-refractivity contribution in [3.05, 3.63) is 35.9 Å². The van der Waals surface area contributed by atoms with Gasteiger partial charge in [0.15, 0.2) is 0 Å². The molecule has 24 heavy (non-hydrogen) atoms. The van der Waals surface area contributed by atoms with Gasteiger partial charge in [-0.15, -0.1) is 0 Å². The molecule has 0 bridgehead atoms. The smallest absolute Gasteiger partial charge is 0.408 e. The van der Waals surface area contributed by atoms with E-state index in [0.29, 0.717) is 0 Å². The number of ether oxygens (including phenoxy) is 1. The van der Waals surface area contributed by atoms with Gasteiger partial charge in [0.2, 0.25) is 11.8 Å². The van der Waals surface area contributed by atoms with Crippen LogP contribution < -0.4 is 21.5 Å². The van der Waals surface area contributed by atoms with E-state index in [1.807, 2.05) is 6.07 Å². The molecule has 2 atom stereocenters. The van der Waals surface area contributed by atoms with Crippen molar-refractivity contribution >= 4 is 23.9 Å². The van der Waals surface area contributed by atoms with Gasteiger partial charge in [-0.1, -0.05) is 30.3 Å². The third-order valence-electron chi connectivity index (χ3n) is 2.95. The average Bonchev–Trinajstić information content (AvgIpc) is 2.52. The molecule has 0 unspecified atom stereocenters. The first-order valence-electron chi connectivity index (χ1n) is 7.06. The molecule has 0 aliphatic carbocycles. The molecule has 0 aliphatic rings. The maximum atomic E-state index is 11.8. The van der Waals surface area contributed by atoms with Gasteiger partial charge >= 0.3 is 6.09 Å². The van der Waals surface area contributed by atoms with Crippen LogP contribution in [-0.4, -0.2) is 36.0 Å². The predicted octanol–water partition coefficient (Wildman–Crippen LogP) is -1.59. The number of nitrogens with one attached hydrogen (secondary N) is 2. The van der Waals surface area contributed by atoms with Gasteiger partial charge in [0.25, 0.3) is 0 Å². The third-order valence-corrected chi connectivity index (χ3v) is 2.95. The van der Waals surface area contributed by atoms with Crippen molar-refractivity contribution in [3.63, 3.8) is 0 Å². The van der Waals surface area contributed by atoms with Crippen LogP contribution in [0, 0.1) is 0 Å². The number of carboxylic acids is 1. The van der Waals surface area contributed by atoms with Gasteiger partial charge in [-0.25, -0.2) is 4.79 Å². The fraction of sp³-hybridized carbons (Fsp3) is 0.333. The summed E-state index contributed by atoms with van der Waals surface area (Å²) in [6, 6.07) is 6.25. The lowest BCUT2D eigenvalue weighted by molar-refractivity contribution is -0.308. The number of hydrogen-bond acceptors (Lipinski definition) is 6. The molecule has 130 valence electrons. The second kappa shape index (κ2) is 9.13. The summed E-state index contributed by atoms with van der Waals surface area (Å²) < 4.78 is 4.93. The van der Waals surface area contributed by atoms with E-state index < -0.39 is 42.4 Å². The third kappa shape index (κ3) is 6.77. The number of carbonyl (C=O) groups excluding carboxylic acids is 4. The van der Waals surface area contributed by atoms with E-state index in [9.17, 15) is 24.3 Å². The Morgan fingerprint density at radius 3 is 2.33 bits per heavy atom. The zero-order valence-electron chi connectivity index (χ0n) is 13.0. The molecule has 1 aromatic rings. The van der Waals surface area contributed by atoms with Crippen molar-refractivity contribution in [2.24, 2.45) is 5.73 Å². The molecule has 0 fully saturated rings. The van der Waals surface area contributed by atoms with E-state index in [1.54, 1.807) is 24.3 Å². The molecule has 9 heteroatoms. The van der Waals surface area contributed by atoms with Crippen molar-refractivity contribution in [1.29, 1.82) is 0 Å². The van der Waals surface area contributed by atoms with Gasteiger partial charge in [-0.2, -0.15) is 0 Å². The average molecular weight is 336 g/mol. The van der Waals surface area contributed by atoms with E-state index in [4.69, 9.17) is 10.5 Å². The first-order chi connectivity index (χ1) is 11.3. The number of primary amides is 1. The van der Waals surface area contributed by atoms with Gasteiger partial charge in [-0.3, -0.25) is 9.59 Å². The first-order valence-corrected chi connectivity index (χ1v) is 7.06. The van der Waals surface area contributed by atoms with Gasteiger partial charge in [0.1, 0.15) is 12.6 Å². The van der Waals surface area contributed by atoms with Crippen LogP contribution in [0.5, 0.6) is 0 Å². The molecule has 0 aromatic heterocycles. The number of benzene rings is 1. The van der Waals surface area contributed by atoms with Gasteiger partial charge < -0.3 is 31.0 Å². The minimum atomic E-state index is -1.65. The molecule has 0 heterocycles. The summed E-state index contributed by atoms with van der Waals surface area (Å²) in [5, 5.41) is 15.1. The summed E-state index contributed by atoms with van der Waals surface area (Å²) in [5.74, 6) is -3.38. The molecule has 1 rings (SSSR count). The fourth-order valence-electron chi connectivity index (χ4n) is 1.70. The van der Waals surface area contributed by atoms with E-state index in [2.05, 4.69) is 10.6 Å².